The predicted octanol–water partition coefficient (Wildman–Crippen LogP) is 2.63. The van der Waals surface area contributed by atoms with Crippen molar-refractivity contribution >= 4 is 44.5 Å². The van der Waals surface area contributed by atoms with Gasteiger partial charge in [-0.05, 0) is 18.1 Å². The Morgan fingerprint density at radius 3 is 2.96 bits per heavy atom. The number of carbonyl (C=O) groups is 1. The number of imidazole rings is 1. The minimum atomic E-state index is -0.800. The Morgan fingerprint density at radius 2 is 2.18 bits per heavy atom. The second kappa shape index (κ2) is 7.53. The number of anilines is 1. The van der Waals surface area contributed by atoms with Gasteiger partial charge in [0.1, 0.15) is 26.4 Å². The summed E-state index contributed by atoms with van der Waals surface area (Å²) in [6.45, 7) is 1.12. The van der Waals surface area contributed by atoms with Crippen molar-refractivity contribution in [3.05, 3.63) is 36.2 Å². The van der Waals surface area contributed by atoms with Gasteiger partial charge in [0.15, 0.2) is 5.82 Å². The summed E-state index contributed by atoms with van der Waals surface area (Å²) in [4.78, 5) is 25.7. The van der Waals surface area contributed by atoms with Crippen LogP contribution in [0.25, 0.3) is 32.0 Å². The molecule has 0 saturated carbocycles. The van der Waals surface area contributed by atoms with Crippen LogP contribution in [0.15, 0.2) is 30.6 Å². The molecule has 3 heterocycles. The zero-order valence-electron chi connectivity index (χ0n) is 15.3. The topological polar surface area (TPSA) is 119 Å². The molecule has 0 unspecified atom stereocenters. The summed E-state index contributed by atoms with van der Waals surface area (Å²) in [5.41, 5.74) is 10.1. The maximum absolute atomic E-state index is 10.8. The highest BCUT2D eigenvalue weighted by Gasteiger charge is 2.17. The molecule has 0 saturated heterocycles. The average Bonchev–Trinajstić information content (AvgIpc) is 3.28. The molecular weight excluding hydrogens is 376 g/mol. The van der Waals surface area contributed by atoms with Gasteiger partial charge < -0.3 is 20.7 Å². The van der Waals surface area contributed by atoms with Gasteiger partial charge in [-0.15, -0.1) is 0 Å². The lowest BCUT2D eigenvalue weighted by Gasteiger charge is -2.05. The number of benzene rings is 1. The molecule has 4 aromatic rings. The van der Waals surface area contributed by atoms with E-state index in [1.165, 1.54) is 11.3 Å². The number of aromatic nitrogens is 4. The second-order valence-corrected chi connectivity index (χ2v) is 7.47. The maximum Gasteiger partial charge on any atom is 0.303 e. The summed E-state index contributed by atoms with van der Waals surface area (Å²) >= 11 is 1.51. The molecule has 9 heteroatoms. The second-order valence-electron chi connectivity index (χ2n) is 6.50. The third kappa shape index (κ3) is 3.41. The van der Waals surface area contributed by atoms with Gasteiger partial charge in [-0.2, -0.15) is 0 Å². The molecule has 3 aromatic heterocycles. The number of hydrogen-bond acceptors (Lipinski definition) is 7. The van der Waals surface area contributed by atoms with Crippen LogP contribution in [-0.2, 0) is 18.3 Å². The third-order valence-electron chi connectivity index (χ3n) is 4.45. The van der Waals surface area contributed by atoms with E-state index in [1.807, 2.05) is 35.9 Å². The number of pyridine rings is 1. The van der Waals surface area contributed by atoms with E-state index in [0.29, 0.717) is 25.3 Å². The lowest BCUT2D eigenvalue weighted by Crippen LogP contribution is -2.14. The number of nitrogens with zero attached hydrogens (tertiary/aromatic N) is 4. The number of hydrogen-bond donors (Lipinski definition) is 3. The molecule has 8 nitrogen and oxygen atoms in total. The minimum Gasteiger partial charge on any atom is -0.481 e. The van der Waals surface area contributed by atoms with Gasteiger partial charge in [-0.3, -0.25) is 4.79 Å². The molecule has 4 rings (SSSR count). The molecule has 0 aliphatic heterocycles. The van der Waals surface area contributed by atoms with Gasteiger partial charge in [0.2, 0.25) is 0 Å². The number of thiazole rings is 1. The number of carboxylic acids is 1. The summed E-state index contributed by atoms with van der Waals surface area (Å²) in [7, 11) is 1.94. The van der Waals surface area contributed by atoms with E-state index < -0.39 is 5.97 Å². The van der Waals surface area contributed by atoms with Crippen molar-refractivity contribution < 1.29 is 9.90 Å². The van der Waals surface area contributed by atoms with Gasteiger partial charge in [0.05, 0.1) is 6.33 Å². The van der Waals surface area contributed by atoms with E-state index in [9.17, 15) is 4.79 Å². The first kappa shape index (κ1) is 18.3. The molecule has 28 heavy (non-hydrogen) atoms. The number of fused-ring (bicyclic) bond motifs is 3. The number of carboxylic acid groups (broad SMARTS) is 1. The molecule has 0 bridgehead atoms. The maximum atomic E-state index is 10.8. The fourth-order valence-electron chi connectivity index (χ4n) is 3.13. The van der Waals surface area contributed by atoms with Gasteiger partial charge in [-0.1, -0.05) is 29.5 Å². The normalized spacial score (nSPS) is 11.4. The summed E-state index contributed by atoms with van der Waals surface area (Å²) in [6.07, 6.45) is 2.35. The van der Waals surface area contributed by atoms with Crippen LogP contribution in [0.5, 0.6) is 0 Å². The van der Waals surface area contributed by atoms with Crippen molar-refractivity contribution in [3.8, 4) is 10.6 Å². The van der Waals surface area contributed by atoms with Crippen molar-refractivity contribution in [2.24, 2.45) is 12.8 Å². The smallest absolute Gasteiger partial charge is 0.303 e. The minimum absolute atomic E-state index is 0.108. The molecular formula is C19H20N6O2S. The predicted molar refractivity (Wildman–Crippen MR) is 111 cm³/mol. The third-order valence-corrected chi connectivity index (χ3v) is 5.44. The fourth-order valence-corrected chi connectivity index (χ4v) is 4.07. The zero-order chi connectivity index (χ0) is 19.7. The standard InChI is InChI=1S/C19H20N6O2S/c1-25-10-22-14-16(25)15-19(24-17(14)21-8-7-20)28-18(23-15)12-4-2-3-11(9-12)5-6-13(26)27/h2-4,9-10H,5-8,20H2,1H3,(H,21,24)(H,26,27). The molecule has 144 valence electrons. The number of nitrogens with one attached hydrogen (secondary N) is 1. The van der Waals surface area contributed by atoms with Crippen molar-refractivity contribution in [2.45, 2.75) is 12.8 Å². The highest BCUT2D eigenvalue weighted by molar-refractivity contribution is 7.21. The quantitative estimate of drug-likeness (QED) is 0.439. The number of nitrogens with two attached hydrogens (primary N) is 1. The van der Waals surface area contributed by atoms with Crippen molar-refractivity contribution in [2.75, 3.05) is 18.4 Å². The van der Waals surface area contributed by atoms with E-state index in [0.717, 1.165) is 37.5 Å². The van der Waals surface area contributed by atoms with Gasteiger partial charge >= 0.3 is 5.97 Å². The van der Waals surface area contributed by atoms with Gasteiger partial charge in [0, 0.05) is 32.1 Å². The summed E-state index contributed by atoms with van der Waals surface area (Å²) < 4.78 is 1.94. The molecule has 0 spiro atoms. The van der Waals surface area contributed by atoms with E-state index >= 15 is 0 Å². The molecule has 0 aliphatic carbocycles. The molecule has 4 N–H and O–H groups in total. The number of aliphatic carboxylic acids is 1. The average molecular weight is 396 g/mol. The van der Waals surface area contributed by atoms with Gasteiger partial charge in [-0.25, -0.2) is 15.0 Å². The van der Waals surface area contributed by atoms with E-state index in [2.05, 4.69) is 10.3 Å². The highest BCUT2D eigenvalue weighted by Crippen LogP contribution is 2.35. The number of aryl methyl sites for hydroxylation is 2. The lowest BCUT2D eigenvalue weighted by molar-refractivity contribution is -0.136. The van der Waals surface area contributed by atoms with Crippen LogP contribution in [0.4, 0.5) is 5.82 Å². The summed E-state index contributed by atoms with van der Waals surface area (Å²) in [5, 5.41) is 13.0. The van der Waals surface area contributed by atoms with Crippen LogP contribution in [0.3, 0.4) is 0 Å². The van der Waals surface area contributed by atoms with E-state index in [1.54, 1.807) is 6.33 Å². The van der Waals surface area contributed by atoms with Crippen molar-refractivity contribution in [1.82, 2.24) is 19.5 Å². The van der Waals surface area contributed by atoms with E-state index in [-0.39, 0.29) is 6.42 Å². The van der Waals surface area contributed by atoms with Gasteiger partial charge in [0.25, 0.3) is 0 Å². The zero-order valence-corrected chi connectivity index (χ0v) is 16.2. The Labute approximate surface area is 165 Å². The van der Waals surface area contributed by atoms with Crippen molar-refractivity contribution in [1.29, 1.82) is 0 Å². The largest absolute Gasteiger partial charge is 0.481 e. The van der Waals surface area contributed by atoms with Crippen LogP contribution in [0, 0.1) is 0 Å². The Hall–Kier alpha value is -3.04. The van der Waals surface area contributed by atoms with Crippen molar-refractivity contribution in [3.63, 3.8) is 0 Å². The fraction of sp³-hybridized carbons (Fsp3) is 0.263. The highest BCUT2D eigenvalue weighted by atomic mass is 32.1. The van der Waals surface area contributed by atoms with E-state index in [4.69, 9.17) is 20.8 Å². The van der Waals surface area contributed by atoms with Crippen LogP contribution in [0.1, 0.15) is 12.0 Å². The first-order valence-corrected chi connectivity index (χ1v) is 9.75. The molecule has 0 aliphatic rings. The molecule has 0 radical (unpaired) electrons. The van der Waals surface area contributed by atoms with Crippen LogP contribution < -0.4 is 11.1 Å². The molecule has 0 atom stereocenters. The molecule has 1 aromatic carbocycles. The van der Waals surface area contributed by atoms with Crippen LogP contribution in [-0.4, -0.2) is 43.7 Å². The summed E-state index contributed by atoms with van der Waals surface area (Å²) in [5.74, 6) is -0.0929. The summed E-state index contributed by atoms with van der Waals surface area (Å²) in [6, 6.07) is 7.84. The lowest BCUT2D eigenvalue weighted by atomic mass is 10.1. The Kier molecular flexibility index (Phi) is 4.93. The SMILES string of the molecule is Cn1cnc2c(NCCN)nc3sc(-c4cccc(CCC(=O)O)c4)nc3c21. The monoisotopic (exact) mass is 396 g/mol. The molecule has 0 amide bonds. The van der Waals surface area contributed by atoms with Crippen LogP contribution >= 0.6 is 11.3 Å². The Bertz CT molecular complexity index is 1170. The number of rotatable bonds is 7. The van der Waals surface area contributed by atoms with Crippen LogP contribution in [0.2, 0.25) is 0 Å². The first-order valence-electron chi connectivity index (χ1n) is 8.93. The Balaban J connectivity index is 1.79. The molecule has 0 fully saturated rings. The Morgan fingerprint density at radius 1 is 1.32 bits per heavy atom. The first-order chi connectivity index (χ1) is 13.6.